The Labute approximate surface area is 167 Å². The predicted molar refractivity (Wildman–Crippen MR) is 106 cm³/mol. The van der Waals surface area contributed by atoms with Gasteiger partial charge < -0.3 is 14.6 Å². The Morgan fingerprint density at radius 3 is 2.32 bits per heavy atom. The van der Waals surface area contributed by atoms with Crippen molar-refractivity contribution < 1.29 is 22.7 Å². The molecule has 1 heterocycles. The number of nitrogens with one attached hydrogen (secondary N) is 2. The van der Waals surface area contributed by atoms with E-state index in [4.69, 9.17) is 4.74 Å². The highest BCUT2D eigenvalue weighted by Crippen LogP contribution is 2.27. The largest absolute Gasteiger partial charge is 0.462 e. The third-order valence-electron chi connectivity index (χ3n) is 5.18. The summed E-state index contributed by atoms with van der Waals surface area (Å²) in [5, 5.41) is 2.88. The summed E-state index contributed by atoms with van der Waals surface area (Å²) in [5.74, 6) is -1.04. The minimum Gasteiger partial charge on any atom is -0.462 e. The molecule has 1 saturated carbocycles. The number of hydrogen-bond donors (Lipinski definition) is 2. The highest BCUT2D eigenvalue weighted by Gasteiger charge is 2.32. The van der Waals surface area contributed by atoms with E-state index in [0.29, 0.717) is 17.9 Å². The molecule has 2 rings (SSSR count). The van der Waals surface area contributed by atoms with E-state index < -0.39 is 16.0 Å². The molecule has 0 saturated heterocycles. The Bertz CT molecular complexity index is 823. The van der Waals surface area contributed by atoms with E-state index in [1.54, 1.807) is 25.3 Å². The third kappa shape index (κ3) is 4.94. The van der Waals surface area contributed by atoms with Crippen LogP contribution in [0.25, 0.3) is 0 Å². The van der Waals surface area contributed by atoms with Gasteiger partial charge in [-0.1, -0.05) is 19.3 Å². The zero-order valence-corrected chi connectivity index (χ0v) is 17.9. The van der Waals surface area contributed by atoms with Gasteiger partial charge in [0.05, 0.1) is 13.2 Å². The Kier molecular flexibility index (Phi) is 7.65. The van der Waals surface area contributed by atoms with Crippen molar-refractivity contribution in [3.05, 3.63) is 17.0 Å². The van der Waals surface area contributed by atoms with Gasteiger partial charge in [0.2, 0.25) is 15.9 Å². The van der Waals surface area contributed by atoms with E-state index in [-0.39, 0.29) is 35.6 Å². The first-order chi connectivity index (χ1) is 13.2. The molecule has 9 heteroatoms. The molecule has 0 unspecified atom stereocenters. The number of carbonyl (C=O) groups excluding carboxylic acids is 2. The number of sulfonamides is 1. The fraction of sp³-hybridized carbons (Fsp3) is 0.684. The van der Waals surface area contributed by atoms with Crippen LogP contribution in [0.1, 0.15) is 67.7 Å². The van der Waals surface area contributed by atoms with E-state index in [0.717, 1.165) is 25.7 Å². The van der Waals surface area contributed by atoms with Gasteiger partial charge >= 0.3 is 5.97 Å². The highest BCUT2D eigenvalue weighted by molar-refractivity contribution is 7.89. The number of hydrogen-bond acceptors (Lipinski definition) is 5. The lowest BCUT2D eigenvalue weighted by molar-refractivity contribution is -0.120. The molecule has 1 amide bonds. The van der Waals surface area contributed by atoms with Crippen molar-refractivity contribution in [3.8, 4) is 0 Å². The van der Waals surface area contributed by atoms with Crippen LogP contribution in [0.5, 0.6) is 0 Å². The van der Waals surface area contributed by atoms with Gasteiger partial charge in [-0.05, 0) is 40.5 Å². The van der Waals surface area contributed by atoms with E-state index in [2.05, 4.69) is 10.0 Å². The van der Waals surface area contributed by atoms with Crippen LogP contribution in [0.3, 0.4) is 0 Å². The first-order valence-corrected chi connectivity index (χ1v) is 11.4. The third-order valence-corrected chi connectivity index (χ3v) is 6.75. The number of carbonyl (C=O) groups is 2. The molecule has 0 radical (unpaired) electrons. The Morgan fingerprint density at radius 1 is 1.11 bits per heavy atom. The van der Waals surface area contributed by atoms with Gasteiger partial charge in [-0.3, -0.25) is 4.79 Å². The molecular formula is C19H31N3O5S. The van der Waals surface area contributed by atoms with Gasteiger partial charge in [0.15, 0.2) is 0 Å². The fourth-order valence-corrected chi connectivity index (χ4v) is 5.32. The molecule has 8 nitrogen and oxygen atoms in total. The van der Waals surface area contributed by atoms with Gasteiger partial charge in [0.1, 0.15) is 10.5 Å². The fourth-order valence-electron chi connectivity index (χ4n) is 3.86. The highest BCUT2D eigenvalue weighted by atomic mass is 32.2. The number of esters is 1. The second-order valence-corrected chi connectivity index (χ2v) is 8.77. The summed E-state index contributed by atoms with van der Waals surface area (Å²) in [6, 6.07) is 0.103. The van der Waals surface area contributed by atoms with E-state index in [1.807, 2.05) is 6.92 Å². The first kappa shape index (κ1) is 22.4. The van der Waals surface area contributed by atoms with Crippen molar-refractivity contribution in [2.24, 2.45) is 0 Å². The number of ether oxygens (including phenoxy) is 1. The summed E-state index contributed by atoms with van der Waals surface area (Å²) in [4.78, 5) is 24.5. The minimum atomic E-state index is -4.07. The lowest BCUT2D eigenvalue weighted by Crippen LogP contribution is -2.42. The Hall–Kier alpha value is -1.87. The standard InChI is InChI=1S/C19H31N3O5S/c1-5-22-13(3)17(19(24)27-6-2)18(14(22)4)28(25,26)20-12-16(23)21-15-10-8-7-9-11-15/h15,20H,5-12H2,1-4H3,(H,21,23). The van der Waals surface area contributed by atoms with Crippen LogP contribution in [0.4, 0.5) is 0 Å². The number of rotatable bonds is 8. The molecule has 0 atom stereocenters. The van der Waals surface area contributed by atoms with Crippen molar-refractivity contribution in [2.75, 3.05) is 13.2 Å². The number of aromatic nitrogens is 1. The monoisotopic (exact) mass is 413 g/mol. The zero-order valence-electron chi connectivity index (χ0n) is 17.1. The second kappa shape index (κ2) is 9.56. The second-order valence-electron chi connectivity index (χ2n) is 7.07. The molecular weight excluding hydrogens is 382 g/mol. The van der Waals surface area contributed by atoms with Gasteiger partial charge in [-0.25, -0.2) is 17.9 Å². The van der Waals surface area contributed by atoms with Gasteiger partial charge in [-0.15, -0.1) is 0 Å². The van der Waals surface area contributed by atoms with Crippen molar-refractivity contribution >= 4 is 21.9 Å². The van der Waals surface area contributed by atoms with Crippen LogP contribution in [0.2, 0.25) is 0 Å². The molecule has 0 aromatic carbocycles. The molecule has 1 aliphatic carbocycles. The van der Waals surface area contributed by atoms with Crippen molar-refractivity contribution in [1.29, 1.82) is 0 Å². The van der Waals surface area contributed by atoms with Gasteiger partial charge in [-0.2, -0.15) is 0 Å². The van der Waals surface area contributed by atoms with Crippen molar-refractivity contribution in [3.63, 3.8) is 0 Å². The summed E-state index contributed by atoms with van der Waals surface area (Å²) < 4.78 is 35.1. The summed E-state index contributed by atoms with van der Waals surface area (Å²) in [7, 11) is -4.07. The minimum absolute atomic E-state index is 0.0291. The van der Waals surface area contributed by atoms with Crippen LogP contribution in [-0.2, 0) is 26.1 Å². The molecule has 0 bridgehead atoms. The molecule has 158 valence electrons. The zero-order chi connectivity index (χ0) is 20.9. The molecule has 0 spiro atoms. The van der Waals surface area contributed by atoms with Crippen LogP contribution >= 0.6 is 0 Å². The molecule has 2 N–H and O–H groups in total. The van der Waals surface area contributed by atoms with Crippen molar-refractivity contribution in [2.45, 2.75) is 77.3 Å². The van der Waals surface area contributed by atoms with Crippen molar-refractivity contribution in [1.82, 2.24) is 14.6 Å². The van der Waals surface area contributed by atoms with Crippen LogP contribution in [-0.4, -0.2) is 44.1 Å². The summed E-state index contributed by atoms with van der Waals surface area (Å²) in [6.45, 7) is 7.17. The predicted octanol–water partition coefficient (Wildman–Crippen LogP) is 2.03. The van der Waals surface area contributed by atoms with E-state index >= 15 is 0 Å². The number of amides is 1. The average Bonchev–Trinajstić information content (AvgIpc) is 2.92. The SMILES string of the molecule is CCOC(=O)c1c(S(=O)(=O)NCC(=O)NC2CCCCC2)c(C)n(CC)c1C. The van der Waals surface area contributed by atoms with E-state index in [9.17, 15) is 18.0 Å². The molecule has 1 aromatic heterocycles. The summed E-state index contributed by atoms with van der Waals surface area (Å²) in [6.07, 6.45) is 5.15. The topological polar surface area (TPSA) is 106 Å². The van der Waals surface area contributed by atoms with Crippen LogP contribution in [0.15, 0.2) is 4.90 Å². The maximum Gasteiger partial charge on any atom is 0.341 e. The quantitative estimate of drug-likeness (QED) is 0.634. The van der Waals surface area contributed by atoms with Crippen LogP contribution in [0, 0.1) is 13.8 Å². The lowest BCUT2D eigenvalue weighted by Gasteiger charge is -2.22. The molecule has 1 aliphatic rings. The van der Waals surface area contributed by atoms with Gasteiger partial charge in [0.25, 0.3) is 0 Å². The smallest absolute Gasteiger partial charge is 0.341 e. The molecule has 0 aliphatic heterocycles. The van der Waals surface area contributed by atoms with E-state index in [1.165, 1.54) is 6.42 Å². The van der Waals surface area contributed by atoms with Gasteiger partial charge in [0, 0.05) is 24.0 Å². The molecule has 1 aromatic rings. The molecule has 1 fully saturated rings. The Balaban J connectivity index is 2.21. The summed E-state index contributed by atoms with van der Waals surface area (Å²) >= 11 is 0. The number of nitrogens with zero attached hydrogens (tertiary/aromatic N) is 1. The maximum absolute atomic E-state index is 12.9. The first-order valence-electron chi connectivity index (χ1n) is 9.88. The summed E-state index contributed by atoms with van der Waals surface area (Å²) in [5.41, 5.74) is 1.01. The maximum atomic E-state index is 12.9. The lowest BCUT2D eigenvalue weighted by atomic mass is 9.95. The normalized spacial score (nSPS) is 15.4. The Morgan fingerprint density at radius 2 is 1.75 bits per heavy atom. The molecule has 28 heavy (non-hydrogen) atoms. The van der Waals surface area contributed by atoms with Crippen LogP contribution < -0.4 is 10.0 Å². The average molecular weight is 414 g/mol.